The number of rotatable bonds is 21. The molecule has 6 aromatic rings. The summed E-state index contributed by atoms with van der Waals surface area (Å²) in [5.41, 5.74) is 15.1. The first-order valence-electron chi connectivity index (χ1n) is 25.4. The molecule has 1 atom stereocenters. The Hall–Kier alpha value is -5.72. The lowest BCUT2D eigenvalue weighted by atomic mass is 9.66. The van der Waals surface area contributed by atoms with Crippen molar-refractivity contribution in [3.05, 3.63) is 173 Å². The molecule has 0 amide bonds. The fourth-order valence-corrected chi connectivity index (χ4v) is 11.8. The highest BCUT2D eigenvalue weighted by molar-refractivity contribution is 5.89. The van der Waals surface area contributed by atoms with Gasteiger partial charge in [-0.1, -0.05) is 103 Å². The molecule has 0 aromatic heterocycles. The highest BCUT2D eigenvalue weighted by atomic mass is 16.5. The number of fused-ring (bicyclic) bond motifs is 3. The summed E-state index contributed by atoms with van der Waals surface area (Å²) in [4.78, 5) is 0. The second kappa shape index (κ2) is 22.4. The minimum atomic E-state index is -0.989. The number of phenolic OH excluding ortho intramolecular Hbond substituents is 4. The van der Waals surface area contributed by atoms with E-state index in [4.69, 9.17) is 28.4 Å². The predicted octanol–water partition coefficient (Wildman–Crippen LogP) is 13.1. The van der Waals surface area contributed by atoms with Gasteiger partial charge in [-0.3, -0.25) is 0 Å². The summed E-state index contributed by atoms with van der Waals surface area (Å²) >= 11 is 0. The van der Waals surface area contributed by atoms with Gasteiger partial charge in [-0.15, -0.1) is 0 Å². The van der Waals surface area contributed by atoms with Crippen molar-refractivity contribution in [3.8, 4) is 34.1 Å². The van der Waals surface area contributed by atoms with Crippen LogP contribution in [0.1, 0.15) is 155 Å². The van der Waals surface area contributed by atoms with Gasteiger partial charge < -0.3 is 48.8 Å². The zero-order valence-electron chi connectivity index (χ0n) is 45.7. The molecule has 7 rings (SSSR count). The summed E-state index contributed by atoms with van der Waals surface area (Å²) in [6.45, 7) is 18.4. The topological polar surface area (TPSA) is 136 Å². The maximum Gasteiger partial charge on any atom is 0.126 e. The normalized spacial score (nSPS) is 13.6. The van der Waals surface area contributed by atoms with Crippen LogP contribution in [0.25, 0.3) is 11.1 Å². The number of aromatic hydroxyl groups is 4. The molecular weight excluding hydrogens is 917 g/mol. The van der Waals surface area contributed by atoms with Gasteiger partial charge in [0, 0.05) is 87.5 Å². The summed E-state index contributed by atoms with van der Waals surface area (Å²) in [5.74, 6) is 0.682. The van der Waals surface area contributed by atoms with E-state index in [1.54, 1.807) is 42.7 Å². The second-order valence-electron chi connectivity index (χ2n) is 21.6. The Labute approximate surface area is 433 Å². The van der Waals surface area contributed by atoms with Crippen molar-refractivity contribution < 1.29 is 48.8 Å². The molecular formula is C63H78O10. The zero-order chi connectivity index (χ0) is 53.2. The van der Waals surface area contributed by atoms with Gasteiger partial charge in [0.15, 0.2) is 0 Å². The minimum Gasteiger partial charge on any atom is -0.507 e. The Balaban J connectivity index is 1.52. The molecule has 1 unspecified atom stereocenters. The molecule has 0 aliphatic heterocycles. The number of ether oxygens (including phenoxy) is 6. The number of phenols is 4. The van der Waals surface area contributed by atoms with Crippen LogP contribution < -0.4 is 0 Å². The lowest BCUT2D eigenvalue weighted by Gasteiger charge is -2.36. The van der Waals surface area contributed by atoms with Crippen molar-refractivity contribution in [1.29, 1.82) is 0 Å². The molecule has 0 saturated carbocycles. The molecule has 73 heavy (non-hydrogen) atoms. The molecule has 1 aliphatic rings. The van der Waals surface area contributed by atoms with Crippen molar-refractivity contribution in [2.45, 2.75) is 136 Å². The monoisotopic (exact) mass is 995 g/mol. The molecule has 0 radical (unpaired) electrons. The maximum atomic E-state index is 12.6. The van der Waals surface area contributed by atoms with Crippen LogP contribution in [0.2, 0.25) is 0 Å². The fraction of sp³-hybridized carbons (Fsp3) is 0.429. The van der Waals surface area contributed by atoms with Crippen molar-refractivity contribution in [3.63, 3.8) is 0 Å². The van der Waals surface area contributed by atoms with Crippen LogP contribution in [0, 0.1) is 13.8 Å². The van der Waals surface area contributed by atoms with Gasteiger partial charge >= 0.3 is 0 Å². The van der Waals surface area contributed by atoms with E-state index in [0.717, 1.165) is 96.3 Å². The van der Waals surface area contributed by atoms with Gasteiger partial charge in [0.25, 0.3) is 0 Å². The molecule has 0 heterocycles. The number of benzene rings is 6. The predicted molar refractivity (Wildman–Crippen MR) is 289 cm³/mol. The fourth-order valence-electron chi connectivity index (χ4n) is 11.8. The van der Waals surface area contributed by atoms with Gasteiger partial charge in [-0.2, -0.15) is 0 Å². The quantitative estimate of drug-likeness (QED) is 0.0551. The van der Waals surface area contributed by atoms with E-state index in [9.17, 15) is 20.4 Å². The van der Waals surface area contributed by atoms with E-state index in [1.807, 2.05) is 24.3 Å². The Bertz CT molecular complexity index is 2840. The molecule has 0 bridgehead atoms. The molecule has 0 saturated heterocycles. The van der Waals surface area contributed by atoms with Crippen LogP contribution in [0.5, 0.6) is 23.0 Å². The summed E-state index contributed by atoms with van der Waals surface area (Å²) in [7, 11) is 9.81. The van der Waals surface area contributed by atoms with Crippen molar-refractivity contribution >= 4 is 0 Å². The third kappa shape index (κ3) is 10.0. The van der Waals surface area contributed by atoms with Crippen LogP contribution in [0.3, 0.4) is 0 Å². The minimum absolute atomic E-state index is 0.0610. The lowest BCUT2D eigenvalue weighted by Crippen LogP contribution is -2.30. The second-order valence-corrected chi connectivity index (χ2v) is 21.6. The van der Waals surface area contributed by atoms with Gasteiger partial charge in [0.2, 0.25) is 0 Å². The van der Waals surface area contributed by atoms with E-state index in [0.29, 0.717) is 28.7 Å². The van der Waals surface area contributed by atoms with Crippen molar-refractivity contribution in [1.82, 2.24) is 0 Å². The third-order valence-electron chi connectivity index (χ3n) is 15.3. The van der Waals surface area contributed by atoms with Crippen molar-refractivity contribution in [2.75, 3.05) is 42.7 Å². The van der Waals surface area contributed by atoms with Crippen LogP contribution >= 0.6 is 0 Å². The number of hydrogen-bond acceptors (Lipinski definition) is 10. The highest BCUT2D eigenvalue weighted by Gasteiger charge is 2.48. The summed E-state index contributed by atoms with van der Waals surface area (Å²) in [6.07, 6.45) is 2.30. The number of hydrogen-bond donors (Lipinski definition) is 4. The molecule has 1 aliphatic carbocycles. The molecule has 4 N–H and O–H groups in total. The molecule has 0 fully saturated rings. The van der Waals surface area contributed by atoms with Crippen molar-refractivity contribution in [2.24, 2.45) is 0 Å². The average molecular weight is 995 g/mol. The SMILES string of the molecule is CCCC(c1cc(C(C)(C)C)c(O)c(COC)c1C)c1cc(C(C)(C)Cc2cccc3c2-c2ccccc2C3(c2cc(COC)c(O)c(COC)c2)c2cc(COC)c(O)c(COC)c2)c(O)c(COC)c1C. The summed E-state index contributed by atoms with van der Waals surface area (Å²) in [6, 6.07) is 27.6. The molecule has 6 aromatic carbocycles. The largest absolute Gasteiger partial charge is 0.507 e. The van der Waals surface area contributed by atoms with E-state index >= 15 is 0 Å². The molecule has 0 spiro atoms. The Morgan fingerprint density at radius 2 is 0.918 bits per heavy atom. The lowest BCUT2D eigenvalue weighted by molar-refractivity contribution is 0.174. The Kier molecular flexibility index (Phi) is 16.9. The highest BCUT2D eigenvalue weighted by Crippen LogP contribution is 2.59. The average Bonchev–Trinajstić information content (AvgIpc) is 3.65. The Morgan fingerprint density at radius 1 is 0.493 bits per heavy atom. The third-order valence-corrected chi connectivity index (χ3v) is 15.3. The van der Waals surface area contributed by atoms with Gasteiger partial charge in [-0.05, 0) is 129 Å². The van der Waals surface area contributed by atoms with E-state index < -0.39 is 10.8 Å². The van der Waals surface area contributed by atoms with E-state index in [2.05, 4.69) is 110 Å². The van der Waals surface area contributed by atoms with Gasteiger partial charge in [0.1, 0.15) is 23.0 Å². The van der Waals surface area contributed by atoms with Gasteiger partial charge in [-0.25, -0.2) is 0 Å². The van der Waals surface area contributed by atoms with E-state index in [1.165, 1.54) is 0 Å². The first-order chi connectivity index (χ1) is 34.8. The molecule has 10 nitrogen and oxygen atoms in total. The first kappa shape index (κ1) is 55.0. The maximum absolute atomic E-state index is 12.6. The molecule has 390 valence electrons. The van der Waals surface area contributed by atoms with Gasteiger partial charge in [0.05, 0.1) is 45.1 Å². The number of methoxy groups -OCH3 is 6. The smallest absolute Gasteiger partial charge is 0.126 e. The summed E-state index contributed by atoms with van der Waals surface area (Å²) < 4.78 is 34.4. The standard InChI is InChI=1S/C63H78O10/c1-15-19-46(48-28-54(61(4,5)6)59(66)50(35-72-13)37(48)2)49-29-55(60(67)51(36-73-14)38(49)3)62(7,8)30-39-20-18-23-53-56(39)47-21-16-17-22-52(47)63(53,44-24-40(31-68-9)57(64)41(25-44)32-69-10)45-26-42(33-70-11)58(65)43(27-45)34-71-12/h16-18,20-29,46,64-67H,15,19,30-36H2,1-14H3. The zero-order valence-corrected chi connectivity index (χ0v) is 45.7. The Morgan fingerprint density at radius 3 is 1.36 bits per heavy atom. The summed E-state index contributed by atoms with van der Waals surface area (Å²) in [5, 5.41) is 47.7. The van der Waals surface area contributed by atoms with Crippen LogP contribution in [-0.2, 0) is 90.7 Å². The van der Waals surface area contributed by atoms with Crippen LogP contribution in [0.4, 0.5) is 0 Å². The van der Waals surface area contributed by atoms with Crippen LogP contribution in [-0.4, -0.2) is 63.1 Å². The molecule has 10 heteroatoms. The van der Waals surface area contributed by atoms with E-state index in [-0.39, 0.29) is 74.0 Å². The van der Waals surface area contributed by atoms with Crippen LogP contribution in [0.15, 0.2) is 78.9 Å². The first-order valence-corrected chi connectivity index (χ1v) is 25.4.